The van der Waals surface area contributed by atoms with E-state index in [9.17, 15) is 4.79 Å². The second-order valence-corrected chi connectivity index (χ2v) is 2.93. The van der Waals surface area contributed by atoms with Crippen molar-refractivity contribution in [3.8, 4) is 0 Å². The smallest absolute Gasteiger partial charge is 0.319 e. The molecule has 12 heavy (non-hydrogen) atoms. The average Bonchev–Trinajstić information content (AvgIpc) is 2.02. The third kappa shape index (κ3) is 5.16. The molecule has 0 bridgehead atoms. The lowest BCUT2D eigenvalue weighted by atomic mass is 10.4. The Balaban J connectivity index is 3.82. The summed E-state index contributed by atoms with van der Waals surface area (Å²) >= 11 is 5.59. The van der Waals surface area contributed by atoms with E-state index >= 15 is 0 Å². The molecule has 0 saturated heterocycles. The van der Waals surface area contributed by atoms with Gasteiger partial charge in [-0.2, -0.15) is 0 Å². The highest BCUT2D eigenvalue weighted by Crippen LogP contribution is 2.00. The van der Waals surface area contributed by atoms with Gasteiger partial charge in [-0.15, -0.1) is 0 Å². The quantitative estimate of drug-likeness (QED) is 0.613. The number of likely N-dealkylation sites (N-methyl/N-ethyl adjacent to an activating group) is 1. The van der Waals surface area contributed by atoms with E-state index in [1.165, 1.54) is 7.11 Å². The monoisotopic (exact) mass is 191 g/mol. The number of esters is 1. The van der Waals surface area contributed by atoms with Gasteiger partial charge in [-0.25, -0.2) is 0 Å². The van der Waals surface area contributed by atoms with Crippen molar-refractivity contribution in [2.75, 3.05) is 26.7 Å². The Morgan fingerprint density at radius 3 is 2.50 bits per heavy atom. The molecule has 0 aliphatic heterocycles. The molecule has 0 aromatic heterocycles. The summed E-state index contributed by atoms with van der Waals surface area (Å²) in [6, 6.07) is 0. The van der Waals surface area contributed by atoms with Crippen molar-refractivity contribution in [1.82, 2.24) is 4.90 Å². The van der Waals surface area contributed by atoms with Crippen LogP contribution in [0.5, 0.6) is 0 Å². The molecular formula is C8H14ClNO2. The summed E-state index contributed by atoms with van der Waals surface area (Å²) in [5, 5.41) is 0.528. The highest BCUT2D eigenvalue weighted by atomic mass is 35.5. The molecule has 0 amide bonds. The minimum atomic E-state index is -0.255. The Kier molecular flexibility index (Phi) is 5.76. The maximum absolute atomic E-state index is 10.8. The largest absolute Gasteiger partial charge is 0.468 e. The number of rotatable bonds is 5. The van der Waals surface area contributed by atoms with Crippen LogP contribution in [0.4, 0.5) is 0 Å². The van der Waals surface area contributed by atoms with Gasteiger partial charge in [0.2, 0.25) is 0 Å². The van der Waals surface area contributed by atoms with E-state index in [0.717, 1.165) is 6.54 Å². The number of carbonyl (C=O) groups is 1. The Morgan fingerprint density at radius 1 is 1.58 bits per heavy atom. The van der Waals surface area contributed by atoms with E-state index in [1.807, 2.05) is 11.8 Å². The van der Waals surface area contributed by atoms with Crippen LogP contribution in [-0.2, 0) is 9.53 Å². The van der Waals surface area contributed by atoms with Gasteiger partial charge in [0.15, 0.2) is 0 Å². The topological polar surface area (TPSA) is 29.5 Å². The molecule has 0 unspecified atom stereocenters. The van der Waals surface area contributed by atoms with Gasteiger partial charge in [-0.05, 0) is 6.54 Å². The number of hydrogen-bond donors (Lipinski definition) is 0. The van der Waals surface area contributed by atoms with Gasteiger partial charge in [-0.1, -0.05) is 25.1 Å². The summed E-state index contributed by atoms with van der Waals surface area (Å²) in [6.45, 7) is 7.03. The summed E-state index contributed by atoms with van der Waals surface area (Å²) in [5.74, 6) is -0.255. The van der Waals surface area contributed by atoms with Crippen LogP contribution >= 0.6 is 11.6 Å². The standard InChI is InChI=1S/C8H14ClNO2/c1-4-10(5-7(2)9)6-8(11)12-3/h2,4-6H2,1,3H3. The molecule has 0 N–H and O–H groups in total. The van der Waals surface area contributed by atoms with Crippen molar-refractivity contribution in [2.45, 2.75) is 6.92 Å². The van der Waals surface area contributed by atoms with Gasteiger partial charge < -0.3 is 4.74 Å². The molecule has 0 spiro atoms. The van der Waals surface area contributed by atoms with Crippen molar-refractivity contribution in [2.24, 2.45) is 0 Å². The van der Waals surface area contributed by atoms with E-state index < -0.39 is 0 Å². The first-order valence-electron chi connectivity index (χ1n) is 3.72. The highest BCUT2D eigenvalue weighted by Gasteiger charge is 2.08. The summed E-state index contributed by atoms with van der Waals surface area (Å²) in [4.78, 5) is 12.7. The summed E-state index contributed by atoms with van der Waals surface area (Å²) < 4.78 is 4.51. The van der Waals surface area contributed by atoms with Crippen LogP contribution < -0.4 is 0 Å². The molecule has 70 valence electrons. The molecule has 4 heteroatoms. The van der Waals surface area contributed by atoms with E-state index in [0.29, 0.717) is 11.6 Å². The average molecular weight is 192 g/mol. The molecule has 0 radical (unpaired) electrons. The van der Waals surface area contributed by atoms with Crippen molar-refractivity contribution in [1.29, 1.82) is 0 Å². The van der Waals surface area contributed by atoms with E-state index in [-0.39, 0.29) is 12.5 Å². The molecule has 0 aliphatic carbocycles. The van der Waals surface area contributed by atoms with Crippen LogP contribution in [-0.4, -0.2) is 37.6 Å². The number of methoxy groups -OCH3 is 1. The minimum absolute atomic E-state index is 0.255. The van der Waals surface area contributed by atoms with Crippen LogP contribution in [0.15, 0.2) is 11.6 Å². The fourth-order valence-electron chi connectivity index (χ4n) is 0.769. The maximum Gasteiger partial charge on any atom is 0.319 e. The van der Waals surface area contributed by atoms with Crippen molar-refractivity contribution >= 4 is 17.6 Å². The predicted octanol–water partition coefficient (Wildman–Crippen LogP) is 1.23. The lowest BCUT2D eigenvalue weighted by molar-refractivity contribution is -0.141. The number of hydrogen-bond acceptors (Lipinski definition) is 3. The fraction of sp³-hybridized carbons (Fsp3) is 0.625. The van der Waals surface area contributed by atoms with Gasteiger partial charge in [0, 0.05) is 11.6 Å². The molecule has 0 atom stereocenters. The molecule has 0 aromatic rings. The fourth-order valence-corrected chi connectivity index (χ4v) is 0.938. The number of nitrogens with zero attached hydrogens (tertiary/aromatic N) is 1. The molecular weight excluding hydrogens is 178 g/mol. The van der Waals surface area contributed by atoms with E-state index in [1.54, 1.807) is 0 Å². The molecule has 0 aromatic carbocycles. The SMILES string of the molecule is C=C(Cl)CN(CC)CC(=O)OC. The number of carbonyl (C=O) groups excluding carboxylic acids is 1. The molecule has 0 fully saturated rings. The minimum Gasteiger partial charge on any atom is -0.468 e. The molecule has 0 saturated carbocycles. The third-order valence-corrected chi connectivity index (χ3v) is 1.54. The van der Waals surface area contributed by atoms with Gasteiger partial charge in [0.05, 0.1) is 13.7 Å². The van der Waals surface area contributed by atoms with Crippen molar-refractivity contribution in [3.63, 3.8) is 0 Å². The van der Waals surface area contributed by atoms with Gasteiger partial charge in [0.1, 0.15) is 0 Å². The van der Waals surface area contributed by atoms with Gasteiger partial charge in [0.25, 0.3) is 0 Å². The van der Waals surface area contributed by atoms with Crippen LogP contribution in [0, 0.1) is 0 Å². The van der Waals surface area contributed by atoms with Crippen LogP contribution in [0.25, 0.3) is 0 Å². The van der Waals surface area contributed by atoms with E-state index in [4.69, 9.17) is 11.6 Å². The van der Waals surface area contributed by atoms with Gasteiger partial charge in [-0.3, -0.25) is 9.69 Å². The van der Waals surface area contributed by atoms with E-state index in [2.05, 4.69) is 11.3 Å². The Hall–Kier alpha value is -0.540. The molecule has 0 rings (SSSR count). The third-order valence-electron chi connectivity index (χ3n) is 1.42. The Morgan fingerprint density at radius 2 is 2.17 bits per heavy atom. The number of ether oxygens (including phenoxy) is 1. The van der Waals surface area contributed by atoms with Crippen molar-refractivity contribution in [3.05, 3.63) is 11.6 Å². The van der Waals surface area contributed by atoms with Crippen LogP contribution in [0.1, 0.15) is 6.92 Å². The first-order valence-corrected chi connectivity index (χ1v) is 4.10. The lowest BCUT2D eigenvalue weighted by Crippen LogP contribution is -2.31. The second kappa shape index (κ2) is 6.03. The molecule has 3 nitrogen and oxygen atoms in total. The first-order chi connectivity index (χ1) is 5.60. The molecule has 0 heterocycles. The van der Waals surface area contributed by atoms with Crippen LogP contribution in [0.3, 0.4) is 0 Å². The second-order valence-electron chi connectivity index (χ2n) is 2.40. The zero-order chi connectivity index (χ0) is 9.56. The maximum atomic E-state index is 10.8. The zero-order valence-electron chi connectivity index (χ0n) is 7.47. The first kappa shape index (κ1) is 11.5. The molecule has 0 aliphatic rings. The van der Waals surface area contributed by atoms with Gasteiger partial charge >= 0.3 is 5.97 Å². The summed E-state index contributed by atoms with van der Waals surface area (Å²) in [6.07, 6.45) is 0. The lowest BCUT2D eigenvalue weighted by Gasteiger charge is -2.17. The summed E-state index contributed by atoms with van der Waals surface area (Å²) in [5.41, 5.74) is 0. The highest BCUT2D eigenvalue weighted by molar-refractivity contribution is 6.29. The summed E-state index contributed by atoms with van der Waals surface area (Å²) in [7, 11) is 1.37. The zero-order valence-corrected chi connectivity index (χ0v) is 8.23. The predicted molar refractivity (Wildman–Crippen MR) is 49.1 cm³/mol. The normalized spacial score (nSPS) is 10.0. The van der Waals surface area contributed by atoms with Crippen LogP contribution in [0.2, 0.25) is 0 Å². The Labute approximate surface area is 77.9 Å². The Bertz CT molecular complexity index is 170. The number of halogens is 1. The van der Waals surface area contributed by atoms with Crippen molar-refractivity contribution < 1.29 is 9.53 Å².